The monoisotopic (exact) mass is 264 g/mol. The molecule has 2 N–H and O–H groups in total. The van der Waals surface area contributed by atoms with Crippen LogP contribution in [0, 0.1) is 16.7 Å². The van der Waals surface area contributed by atoms with Crippen molar-refractivity contribution in [2.75, 3.05) is 32.7 Å². The molecule has 104 valence electrons. The van der Waals surface area contributed by atoms with E-state index >= 15 is 0 Å². The minimum absolute atomic E-state index is 0.0786. The Kier molecular flexibility index (Phi) is 4.38. The van der Waals surface area contributed by atoms with Gasteiger partial charge in [-0.15, -0.1) is 0 Å². The van der Waals surface area contributed by atoms with Crippen LogP contribution in [-0.4, -0.2) is 49.4 Å². The van der Waals surface area contributed by atoms with Gasteiger partial charge in [-0.2, -0.15) is 5.26 Å². The number of nitrogens with zero attached hydrogens (tertiary/aromatic N) is 2. The van der Waals surface area contributed by atoms with E-state index in [9.17, 15) is 9.59 Å². The molecule has 2 fully saturated rings. The third kappa shape index (κ3) is 3.44. The largest absolute Gasteiger partial charge is 0.354 e. The summed E-state index contributed by atoms with van der Waals surface area (Å²) in [4.78, 5) is 25.3. The van der Waals surface area contributed by atoms with Crippen molar-refractivity contribution >= 4 is 11.8 Å². The predicted octanol–water partition coefficient (Wildman–Crippen LogP) is -0.382. The number of carbonyl (C=O) groups is 2. The van der Waals surface area contributed by atoms with Gasteiger partial charge in [0, 0.05) is 19.5 Å². The molecule has 2 heterocycles. The molecule has 0 atom stereocenters. The first kappa shape index (κ1) is 13.8. The van der Waals surface area contributed by atoms with E-state index < -0.39 is 0 Å². The molecule has 0 aliphatic carbocycles. The second-order valence-corrected chi connectivity index (χ2v) is 5.43. The van der Waals surface area contributed by atoms with Crippen LogP contribution in [0.3, 0.4) is 0 Å². The fraction of sp³-hybridized carbons (Fsp3) is 0.769. The first-order chi connectivity index (χ1) is 9.15. The molecule has 2 aliphatic rings. The molecule has 2 rings (SSSR count). The average Bonchev–Trinajstić information content (AvgIpc) is 2.66. The summed E-state index contributed by atoms with van der Waals surface area (Å²) in [5.41, 5.74) is 0.0786. The summed E-state index contributed by atoms with van der Waals surface area (Å²) >= 11 is 0. The lowest BCUT2D eigenvalue weighted by atomic mass is 9.78. The molecular weight excluding hydrogens is 244 g/mol. The molecule has 0 aromatic rings. The Labute approximate surface area is 113 Å². The van der Waals surface area contributed by atoms with Gasteiger partial charge in [0.15, 0.2) is 0 Å². The Morgan fingerprint density at radius 3 is 2.89 bits per heavy atom. The molecule has 2 saturated heterocycles. The minimum Gasteiger partial charge on any atom is -0.354 e. The second kappa shape index (κ2) is 6.02. The summed E-state index contributed by atoms with van der Waals surface area (Å²) in [6.07, 6.45) is 2.88. The number of amides is 2. The maximum atomic E-state index is 12.0. The smallest absolute Gasteiger partial charge is 0.239 e. The van der Waals surface area contributed by atoms with Crippen LogP contribution in [0.15, 0.2) is 0 Å². The standard InChI is InChI=1S/C13H20N4O2/c14-4-1-5-16-11(18)9-17-10-13(8-12(17)19)2-6-15-7-3-13/h15H,1-3,5-10H2,(H,16,18). The topological polar surface area (TPSA) is 85.2 Å². The summed E-state index contributed by atoms with van der Waals surface area (Å²) in [5.74, 6) is -0.0908. The third-order valence-corrected chi connectivity index (χ3v) is 3.96. The molecule has 0 radical (unpaired) electrons. The van der Waals surface area contributed by atoms with Crippen LogP contribution in [0.2, 0.25) is 0 Å². The average molecular weight is 264 g/mol. The number of carbonyl (C=O) groups excluding carboxylic acids is 2. The van der Waals surface area contributed by atoms with Gasteiger partial charge in [-0.1, -0.05) is 0 Å². The van der Waals surface area contributed by atoms with Crippen LogP contribution in [-0.2, 0) is 9.59 Å². The molecule has 2 amide bonds. The Hall–Kier alpha value is -1.61. The van der Waals surface area contributed by atoms with Gasteiger partial charge in [-0.25, -0.2) is 0 Å². The van der Waals surface area contributed by atoms with E-state index in [4.69, 9.17) is 5.26 Å². The summed E-state index contributed by atoms with van der Waals surface area (Å²) in [6, 6.07) is 1.97. The highest BCUT2D eigenvalue weighted by Crippen LogP contribution is 2.38. The minimum atomic E-state index is -0.172. The summed E-state index contributed by atoms with van der Waals surface area (Å²) < 4.78 is 0. The van der Waals surface area contributed by atoms with E-state index in [0.717, 1.165) is 25.9 Å². The van der Waals surface area contributed by atoms with E-state index in [1.54, 1.807) is 4.90 Å². The van der Waals surface area contributed by atoms with E-state index in [1.807, 2.05) is 6.07 Å². The van der Waals surface area contributed by atoms with E-state index in [2.05, 4.69) is 10.6 Å². The van der Waals surface area contributed by atoms with Gasteiger partial charge in [0.25, 0.3) is 0 Å². The molecule has 0 aromatic carbocycles. The number of hydrogen-bond donors (Lipinski definition) is 2. The van der Waals surface area contributed by atoms with Gasteiger partial charge in [0.2, 0.25) is 11.8 Å². The van der Waals surface area contributed by atoms with Crippen molar-refractivity contribution in [3.8, 4) is 6.07 Å². The zero-order valence-electron chi connectivity index (χ0n) is 11.1. The molecule has 1 spiro atoms. The van der Waals surface area contributed by atoms with Crippen LogP contribution in [0.4, 0.5) is 0 Å². The van der Waals surface area contributed by atoms with Crippen LogP contribution >= 0.6 is 0 Å². The van der Waals surface area contributed by atoms with Gasteiger partial charge in [-0.3, -0.25) is 9.59 Å². The number of piperidine rings is 1. The van der Waals surface area contributed by atoms with Gasteiger partial charge >= 0.3 is 0 Å². The molecule has 0 saturated carbocycles. The highest BCUT2D eigenvalue weighted by atomic mass is 16.2. The Bertz CT molecular complexity index is 396. The van der Waals surface area contributed by atoms with Gasteiger partial charge < -0.3 is 15.5 Å². The van der Waals surface area contributed by atoms with Crippen LogP contribution in [0.5, 0.6) is 0 Å². The normalized spacial score (nSPS) is 21.4. The fourth-order valence-corrected chi connectivity index (χ4v) is 2.90. The van der Waals surface area contributed by atoms with Crippen LogP contribution in [0.25, 0.3) is 0 Å². The van der Waals surface area contributed by atoms with Crippen molar-refractivity contribution in [2.45, 2.75) is 25.7 Å². The van der Waals surface area contributed by atoms with Crippen LogP contribution < -0.4 is 10.6 Å². The van der Waals surface area contributed by atoms with Crippen molar-refractivity contribution in [1.29, 1.82) is 5.26 Å². The quantitative estimate of drug-likeness (QED) is 0.678. The number of nitrogens with one attached hydrogen (secondary N) is 2. The molecule has 6 heteroatoms. The number of likely N-dealkylation sites (tertiary alicyclic amines) is 1. The molecule has 0 bridgehead atoms. The van der Waals surface area contributed by atoms with Gasteiger partial charge in [0.1, 0.15) is 0 Å². The zero-order valence-corrected chi connectivity index (χ0v) is 11.1. The molecule has 0 aromatic heterocycles. The lowest BCUT2D eigenvalue weighted by Crippen LogP contribution is -2.41. The maximum Gasteiger partial charge on any atom is 0.239 e. The Morgan fingerprint density at radius 1 is 1.47 bits per heavy atom. The van der Waals surface area contributed by atoms with Crippen molar-refractivity contribution in [1.82, 2.24) is 15.5 Å². The number of hydrogen-bond acceptors (Lipinski definition) is 4. The van der Waals surface area contributed by atoms with Crippen molar-refractivity contribution < 1.29 is 9.59 Å². The fourth-order valence-electron chi connectivity index (χ4n) is 2.90. The molecular formula is C13H20N4O2. The highest BCUT2D eigenvalue weighted by Gasteiger charge is 2.43. The number of nitriles is 1. The lowest BCUT2D eigenvalue weighted by molar-refractivity contribution is -0.133. The van der Waals surface area contributed by atoms with Crippen molar-refractivity contribution in [2.24, 2.45) is 5.41 Å². The summed E-state index contributed by atoms with van der Waals surface area (Å²) in [6.45, 7) is 3.08. The molecule has 19 heavy (non-hydrogen) atoms. The number of rotatable bonds is 4. The van der Waals surface area contributed by atoms with E-state index in [-0.39, 0.29) is 23.8 Å². The third-order valence-electron chi connectivity index (χ3n) is 3.96. The first-order valence-electron chi connectivity index (χ1n) is 6.77. The van der Waals surface area contributed by atoms with E-state index in [1.165, 1.54) is 0 Å². The van der Waals surface area contributed by atoms with Gasteiger partial charge in [-0.05, 0) is 31.3 Å². The first-order valence-corrected chi connectivity index (χ1v) is 6.77. The van der Waals surface area contributed by atoms with Crippen molar-refractivity contribution in [3.63, 3.8) is 0 Å². The highest BCUT2D eigenvalue weighted by molar-refractivity contribution is 5.86. The Balaban J connectivity index is 1.83. The molecule has 2 aliphatic heterocycles. The molecule has 0 unspecified atom stereocenters. The second-order valence-electron chi connectivity index (χ2n) is 5.43. The summed E-state index contributed by atoms with van der Waals surface area (Å²) in [7, 11) is 0. The predicted molar refractivity (Wildman–Crippen MR) is 69.0 cm³/mol. The van der Waals surface area contributed by atoms with Crippen LogP contribution in [0.1, 0.15) is 25.7 Å². The summed E-state index contributed by atoms with van der Waals surface area (Å²) in [5, 5.41) is 14.4. The Morgan fingerprint density at radius 2 is 2.21 bits per heavy atom. The van der Waals surface area contributed by atoms with Crippen molar-refractivity contribution in [3.05, 3.63) is 0 Å². The lowest BCUT2D eigenvalue weighted by Gasteiger charge is -2.32. The SMILES string of the molecule is N#CCCNC(=O)CN1CC2(CCNCC2)CC1=O. The zero-order chi connectivity index (χ0) is 13.7. The molecule has 6 nitrogen and oxygen atoms in total. The van der Waals surface area contributed by atoms with Gasteiger partial charge in [0.05, 0.1) is 19.0 Å². The maximum absolute atomic E-state index is 12.0. The van der Waals surface area contributed by atoms with E-state index in [0.29, 0.717) is 25.9 Å².